The van der Waals surface area contributed by atoms with Crippen LogP contribution in [0.1, 0.15) is 0 Å². The van der Waals surface area contributed by atoms with Crippen LogP contribution in [0.25, 0.3) is 0 Å². The smallest absolute Gasteiger partial charge is 0.187 e. The molecule has 21 saturated heterocycles. The minimum absolute atomic E-state index is 0.214. The van der Waals surface area contributed by atoms with Crippen molar-refractivity contribution in [3.05, 3.63) is 0 Å². The van der Waals surface area contributed by atoms with Crippen molar-refractivity contribution >= 4 is 12.6 Å². The molecule has 21 heterocycles. The minimum Gasteiger partial charge on any atom is -0.394 e. The molecule has 35 atom stereocenters. The average Bonchev–Trinajstić information content (AvgIpc) is 3.46. The highest BCUT2D eigenvalue weighted by Gasteiger charge is 2.59. The highest BCUT2D eigenvalue weighted by Crippen LogP contribution is 2.39. The summed E-state index contributed by atoms with van der Waals surface area (Å²) in [6.45, 7) is -6.21. The third-order valence-corrected chi connectivity index (χ3v) is 15.5. The van der Waals surface area contributed by atoms with Gasteiger partial charge in [0.1, 0.15) is 171 Å². The fourth-order valence-corrected chi connectivity index (χ4v) is 10.9. The number of ether oxygens (including phenoxy) is 14. The molecule has 36 heteroatoms. The Hall–Kier alpha value is -1.05. The summed E-state index contributed by atoms with van der Waals surface area (Å²) in [4.78, 5) is 0. The quantitative estimate of drug-likeness (QED) is 0.0713. The first-order valence-electron chi connectivity index (χ1n) is 25.8. The first kappa shape index (κ1) is 64.9. The van der Waals surface area contributed by atoms with Gasteiger partial charge in [0.15, 0.2) is 44.0 Å². The molecule has 21 fully saturated rings. The zero-order chi connectivity index (χ0) is 58.2. The molecule has 35 nitrogen and oxygen atoms in total. The first-order chi connectivity index (χ1) is 38.2. The van der Waals surface area contributed by atoms with E-state index in [-0.39, 0.29) is 18.8 Å². The molecule has 0 radical (unpaired) electrons. The van der Waals surface area contributed by atoms with Crippen LogP contribution >= 0.6 is 12.6 Å². The molecule has 0 aliphatic carbocycles. The van der Waals surface area contributed by atoms with Gasteiger partial charge in [-0.15, -0.1) is 0 Å². The van der Waals surface area contributed by atoms with Gasteiger partial charge in [-0.3, -0.25) is 0 Å². The Morgan fingerprint density at radius 1 is 0.237 bits per heavy atom. The maximum atomic E-state index is 11.6. The number of aliphatic hydroxyl groups is 20. The lowest BCUT2D eigenvalue weighted by Gasteiger charge is -2.50. The van der Waals surface area contributed by atoms with Crippen molar-refractivity contribution in [1.82, 2.24) is 5.32 Å². The number of nitrogens with one attached hydrogen (secondary N) is 1. The van der Waals surface area contributed by atoms with Crippen molar-refractivity contribution in [2.45, 2.75) is 215 Å². The number of hydrogen-bond acceptors (Lipinski definition) is 36. The van der Waals surface area contributed by atoms with Gasteiger partial charge < -0.3 is 174 Å². The van der Waals surface area contributed by atoms with Crippen molar-refractivity contribution in [3.63, 3.8) is 0 Å². The van der Waals surface area contributed by atoms with Crippen molar-refractivity contribution in [2.24, 2.45) is 0 Å². The predicted octanol–water partition coefficient (Wildman–Crippen LogP) is -14.7. The van der Waals surface area contributed by atoms with Gasteiger partial charge >= 0.3 is 0 Å². The topological polar surface area (TPSA) is 546 Å². The fraction of sp³-hybridized carbons (Fsp3) is 1.00. The highest BCUT2D eigenvalue weighted by molar-refractivity contribution is 7.80. The summed E-state index contributed by atoms with van der Waals surface area (Å²) in [5, 5.41) is 225. The van der Waals surface area contributed by atoms with Gasteiger partial charge in [-0.25, -0.2) is 0 Å². The molecule has 80 heavy (non-hydrogen) atoms. The van der Waals surface area contributed by atoms with E-state index >= 15 is 0 Å². The Labute approximate surface area is 459 Å². The van der Waals surface area contributed by atoms with Gasteiger partial charge in [-0.05, 0) is 0 Å². The number of rotatable bonds is 10. The lowest BCUT2D eigenvalue weighted by Crippen LogP contribution is -2.68. The van der Waals surface area contributed by atoms with E-state index in [9.17, 15) is 102 Å². The van der Waals surface area contributed by atoms with E-state index in [2.05, 4.69) is 17.9 Å². The predicted molar refractivity (Wildman–Crippen MR) is 248 cm³/mol. The summed E-state index contributed by atoms with van der Waals surface area (Å²) < 4.78 is 80.8. The molecule has 21 rings (SSSR count). The fourth-order valence-electron chi connectivity index (χ4n) is 10.8. The van der Waals surface area contributed by atoms with Crippen LogP contribution < -0.4 is 5.32 Å². The molecular formula is C44H75NO34S. The lowest BCUT2D eigenvalue weighted by atomic mass is 9.95. The molecule has 21 aliphatic heterocycles. The van der Waals surface area contributed by atoms with Gasteiger partial charge in [-0.1, -0.05) is 0 Å². The summed E-state index contributed by atoms with van der Waals surface area (Å²) in [7, 11) is 0. The summed E-state index contributed by atoms with van der Waals surface area (Å²) in [6, 6.07) is 0. The second-order valence-corrected chi connectivity index (χ2v) is 20.8. The Kier molecular flexibility index (Phi) is 22.9. The lowest BCUT2D eigenvalue weighted by molar-refractivity contribution is -0.396. The summed E-state index contributed by atoms with van der Waals surface area (Å²) in [5.41, 5.74) is 0. The number of hydrogen-bond donors (Lipinski definition) is 22. The number of thiol groups is 1. The van der Waals surface area contributed by atoms with Crippen LogP contribution in [0, 0.1) is 0 Å². The Balaban J connectivity index is 1.09. The van der Waals surface area contributed by atoms with E-state index in [0.29, 0.717) is 0 Å². The molecule has 0 aromatic rings. The van der Waals surface area contributed by atoms with Crippen LogP contribution in [0.5, 0.6) is 0 Å². The third-order valence-electron chi connectivity index (χ3n) is 15.2. The summed E-state index contributed by atoms with van der Waals surface area (Å²) in [6.07, 6.45) is -68.9. The normalized spacial score (nSPS) is 53.7. The molecule has 0 saturated carbocycles. The SMILES string of the molecule is OC[C@@H]1O[C@@H]2O[C@H]3[C@H](O)[C@@H](O)[C@@H](O[C@H]4[C@H](O)[C@H](O)[C@@H](O[C@H]5[C@@H](O)[C@H](O)[C@@H](O[C@H]6[C@H](O)[C@@H](O)[C@@H](O[C@H]7[C@H](O)[C@@H](O)[C@@H](O[C@H]8[C@H](O)[C@@H](O)[C@@H](O[C@H]1[C@H](O)[C@H]2O)O[C@H]8CO)O[C@H]7CO)O[C@@H]6CO)O[C@@H]5CO)O[C@@H]4CO)O[C@H]3CNCCS. The minimum atomic E-state index is -2.20. The van der Waals surface area contributed by atoms with Gasteiger partial charge in [0.25, 0.3) is 0 Å². The molecule has 0 spiro atoms. The molecule has 21 aliphatic rings. The second kappa shape index (κ2) is 28.2. The molecule has 14 bridgehead atoms. The zero-order valence-electron chi connectivity index (χ0n) is 42.2. The monoisotopic (exact) mass is 1190 g/mol. The number of aliphatic hydroxyl groups excluding tert-OH is 20. The Morgan fingerprint density at radius 2 is 0.400 bits per heavy atom. The maximum Gasteiger partial charge on any atom is 0.187 e. The van der Waals surface area contributed by atoms with E-state index in [1.807, 2.05) is 0 Å². The molecule has 0 aromatic heterocycles. The standard InChI is InChI=1S/C44H75NO34S/c46-4-11-32-19(54)26(61)40(68-11)76-34-13(6-48)70-42(28(63)21(34)56)78-36-15(8-50)72-44(30(65)23(36)58)79-37-16(9-51)71-43(29(64)22(37)57)77-35-14(7-49)69-41(27(62)20(35)55)75-33-12(5-47)67-39(25(60)18(33)53)73-31-10(3-45-1-2-80)66-38(74-32)24(59)17(31)52/h10-65,80H,1-9H2/t10-,11+,12-,13+,14-,15+,16-,17+,18+,19+,20+,21-,22+,23+,24+,25+,26-,27+,28-,29+,30+,31+,32+,33+,34+,35+,36+,37+,38+,39+,40+,41+,42+,43+,44+/m0/s1. The van der Waals surface area contributed by atoms with E-state index in [0.717, 1.165) is 0 Å². The van der Waals surface area contributed by atoms with E-state index in [1.165, 1.54) is 0 Å². The first-order valence-corrected chi connectivity index (χ1v) is 26.5. The van der Waals surface area contributed by atoms with Gasteiger partial charge in [-0.2, -0.15) is 12.6 Å². The van der Waals surface area contributed by atoms with E-state index in [4.69, 9.17) is 66.3 Å². The molecule has 0 unspecified atom stereocenters. The van der Waals surface area contributed by atoms with Crippen LogP contribution in [0.15, 0.2) is 0 Å². The van der Waals surface area contributed by atoms with Gasteiger partial charge in [0, 0.05) is 18.8 Å². The molecular weight excluding hydrogens is 1120 g/mol. The third kappa shape index (κ3) is 13.1. The highest BCUT2D eigenvalue weighted by atomic mass is 32.1. The largest absolute Gasteiger partial charge is 0.394 e. The molecule has 0 aromatic carbocycles. The molecule has 0 amide bonds. The van der Waals surface area contributed by atoms with E-state index in [1.54, 1.807) is 0 Å². The summed E-state index contributed by atoms with van der Waals surface area (Å²) >= 11 is 4.16. The Morgan fingerprint density at radius 3 is 0.562 bits per heavy atom. The second-order valence-electron chi connectivity index (χ2n) is 20.4. The van der Waals surface area contributed by atoms with Crippen LogP contribution in [-0.4, -0.2) is 376 Å². The van der Waals surface area contributed by atoms with Crippen LogP contribution in [0.2, 0.25) is 0 Å². The van der Waals surface area contributed by atoms with Crippen LogP contribution in [0.4, 0.5) is 0 Å². The van der Waals surface area contributed by atoms with Gasteiger partial charge in [0.2, 0.25) is 0 Å². The zero-order valence-corrected chi connectivity index (χ0v) is 43.1. The van der Waals surface area contributed by atoms with Crippen molar-refractivity contribution in [2.75, 3.05) is 58.5 Å². The molecule has 21 N–H and O–H groups in total. The van der Waals surface area contributed by atoms with E-state index < -0.39 is 255 Å². The Bertz CT molecular complexity index is 1880. The van der Waals surface area contributed by atoms with Crippen molar-refractivity contribution in [3.8, 4) is 0 Å². The average molecular weight is 1190 g/mol. The summed E-state index contributed by atoms with van der Waals surface area (Å²) in [5.74, 6) is 0.268. The molecule has 466 valence electrons. The maximum absolute atomic E-state index is 11.6. The van der Waals surface area contributed by atoms with Gasteiger partial charge in [0.05, 0.1) is 39.6 Å². The van der Waals surface area contributed by atoms with Crippen LogP contribution in [-0.2, 0) is 66.3 Å². The van der Waals surface area contributed by atoms with Crippen molar-refractivity contribution < 1.29 is 168 Å². The van der Waals surface area contributed by atoms with Crippen LogP contribution in [0.3, 0.4) is 0 Å². The van der Waals surface area contributed by atoms with Crippen molar-refractivity contribution in [1.29, 1.82) is 0 Å².